The van der Waals surface area contributed by atoms with Gasteiger partial charge in [-0.2, -0.15) is 0 Å². The zero-order valence-corrected chi connectivity index (χ0v) is 12.7. The van der Waals surface area contributed by atoms with Crippen molar-refractivity contribution in [2.75, 3.05) is 0 Å². The maximum Gasteiger partial charge on any atom is 0.238 e. The fourth-order valence-electron chi connectivity index (χ4n) is 3.45. The number of rotatable bonds is 4. The summed E-state index contributed by atoms with van der Waals surface area (Å²) < 4.78 is 0. The molecule has 3 unspecified atom stereocenters. The number of carbonyl (C=O) groups excluding carboxylic acids is 1. The second-order valence-corrected chi connectivity index (χ2v) is 6.28. The third kappa shape index (κ3) is 3.44. The minimum atomic E-state index is -0.0845. The Labute approximate surface area is 126 Å². The number of hydrazine groups is 1. The largest absolute Gasteiger partial charge is 0.352 e. The summed E-state index contributed by atoms with van der Waals surface area (Å²) in [5, 5.41) is 3.22. The average Bonchev–Trinajstić information content (AvgIpc) is 2.96. The number of benzene rings is 1. The standard InChI is InChI=1S/C17H25N3O/c1-2-5-15-11-16(20-19-15)17(21)18-14-9-8-12-6-3-4-7-13(12)10-14/h3-4,6-7,14-16,19-20H,2,5,8-11H2,1H3,(H,18,21). The Morgan fingerprint density at radius 2 is 2.10 bits per heavy atom. The lowest BCUT2D eigenvalue weighted by Crippen LogP contribution is -2.48. The molecule has 1 aromatic rings. The minimum absolute atomic E-state index is 0.0845. The van der Waals surface area contributed by atoms with Crippen molar-refractivity contribution in [3.05, 3.63) is 35.4 Å². The number of amides is 1. The Hall–Kier alpha value is -1.39. The van der Waals surface area contributed by atoms with E-state index in [-0.39, 0.29) is 18.0 Å². The van der Waals surface area contributed by atoms with Crippen LogP contribution in [0.25, 0.3) is 0 Å². The molecular formula is C17H25N3O. The predicted octanol–water partition coefficient (Wildman–Crippen LogP) is 1.70. The Bertz CT molecular complexity index is 503. The van der Waals surface area contributed by atoms with Crippen LogP contribution in [0.3, 0.4) is 0 Å². The molecule has 3 atom stereocenters. The summed E-state index contributed by atoms with van der Waals surface area (Å²) in [6.45, 7) is 2.18. The van der Waals surface area contributed by atoms with Crippen molar-refractivity contribution in [1.82, 2.24) is 16.2 Å². The minimum Gasteiger partial charge on any atom is -0.352 e. The molecule has 3 N–H and O–H groups in total. The highest BCUT2D eigenvalue weighted by Crippen LogP contribution is 2.21. The topological polar surface area (TPSA) is 53.2 Å². The SMILES string of the molecule is CCCC1CC(C(=O)NC2CCc3ccccc3C2)NN1. The fraction of sp³-hybridized carbons (Fsp3) is 0.588. The van der Waals surface area contributed by atoms with E-state index in [1.807, 2.05) is 0 Å². The van der Waals surface area contributed by atoms with E-state index in [9.17, 15) is 4.79 Å². The van der Waals surface area contributed by atoms with Crippen molar-refractivity contribution >= 4 is 5.91 Å². The third-order valence-corrected chi connectivity index (χ3v) is 4.63. The summed E-state index contributed by atoms with van der Waals surface area (Å²) >= 11 is 0. The average molecular weight is 287 g/mol. The highest BCUT2D eigenvalue weighted by Gasteiger charge is 2.30. The van der Waals surface area contributed by atoms with Gasteiger partial charge in [0.1, 0.15) is 6.04 Å². The van der Waals surface area contributed by atoms with Crippen LogP contribution in [0.15, 0.2) is 24.3 Å². The molecular weight excluding hydrogens is 262 g/mol. The third-order valence-electron chi connectivity index (χ3n) is 4.63. The summed E-state index contributed by atoms with van der Waals surface area (Å²) in [6.07, 6.45) is 6.22. The molecule has 1 heterocycles. The fourth-order valence-corrected chi connectivity index (χ4v) is 3.45. The molecule has 4 heteroatoms. The van der Waals surface area contributed by atoms with E-state index in [0.29, 0.717) is 6.04 Å². The second kappa shape index (κ2) is 6.58. The van der Waals surface area contributed by atoms with Crippen molar-refractivity contribution < 1.29 is 4.79 Å². The van der Waals surface area contributed by atoms with E-state index in [1.165, 1.54) is 11.1 Å². The summed E-state index contributed by atoms with van der Waals surface area (Å²) in [5.41, 5.74) is 9.19. The Morgan fingerprint density at radius 1 is 1.29 bits per heavy atom. The van der Waals surface area contributed by atoms with Gasteiger partial charge in [0.2, 0.25) is 5.91 Å². The lowest BCUT2D eigenvalue weighted by molar-refractivity contribution is -0.123. The van der Waals surface area contributed by atoms with Crippen molar-refractivity contribution in [2.45, 2.75) is 63.6 Å². The lowest BCUT2D eigenvalue weighted by Gasteiger charge is -2.26. The Balaban J connectivity index is 1.52. The number of aryl methyl sites for hydroxylation is 1. The molecule has 1 amide bonds. The van der Waals surface area contributed by atoms with Gasteiger partial charge in [-0.15, -0.1) is 0 Å². The van der Waals surface area contributed by atoms with Gasteiger partial charge in [-0.1, -0.05) is 37.6 Å². The van der Waals surface area contributed by atoms with E-state index in [4.69, 9.17) is 0 Å². The van der Waals surface area contributed by atoms with Gasteiger partial charge in [0, 0.05) is 12.1 Å². The van der Waals surface area contributed by atoms with Gasteiger partial charge < -0.3 is 5.32 Å². The van der Waals surface area contributed by atoms with Crippen LogP contribution in [0.1, 0.15) is 43.7 Å². The van der Waals surface area contributed by atoms with E-state index in [2.05, 4.69) is 47.4 Å². The van der Waals surface area contributed by atoms with Gasteiger partial charge in [0.25, 0.3) is 0 Å². The molecule has 0 radical (unpaired) electrons. The molecule has 114 valence electrons. The summed E-state index contributed by atoms with van der Waals surface area (Å²) in [6, 6.07) is 9.18. The van der Waals surface area contributed by atoms with E-state index in [0.717, 1.165) is 38.5 Å². The highest BCUT2D eigenvalue weighted by atomic mass is 16.2. The van der Waals surface area contributed by atoms with Crippen LogP contribution in [0.2, 0.25) is 0 Å². The zero-order chi connectivity index (χ0) is 14.7. The molecule has 1 aliphatic heterocycles. The summed E-state index contributed by atoms with van der Waals surface area (Å²) in [5.74, 6) is 0.144. The van der Waals surface area contributed by atoms with Crippen molar-refractivity contribution in [1.29, 1.82) is 0 Å². The molecule has 1 aromatic carbocycles. The maximum absolute atomic E-state index is 12.4. The number of hydrogen-bond donors (Lipinski definition) is 3. The predicted molar refractivity (Wildman–Crippen MR) is 83.8 cm³/mol. The van der Waals surface area contributed by atoms with Crippen LogP contribution >= 0.6 is 0 Å². The first kappa shape index (κ1) is 14.5. The lowest BCUT2D eigenvalue weighted by atomic mass is 9.88. The first-order valence-electron chi connectivity index (χ1n) is 8.14. The van der Waals surface area contributed by atoms with E-state index >= 15 is 0 Å². The molecule has 1 saturated heterocycles. The number of carbonyl (C=O) groups is 1. The number of hydrogen-bond acceptors (Lipinski definition) is 3. The highest BCUT2D eigenvalue weighted by molar-refractivity contribution is 5.82. The monoisotopic (exact) mass is 287 g/mol. The van der Waals surface area contributed by atoms with Crippen LogP contribution in [-0.2, 0) is 17.6 Å². The molecule has 4 nitrogen and oxygen atoms in total. The van der Waals surface area contributed by atoms with Crippen LogP contribution < -0.4 is 16.2 Å². The second-order valence-electron chi connectivity index (χ2n) is 6.28. The molecule has 0 spiro atoms. The molecule has 0 aromatic heterocycles. The first-order valence-corrected chi connectivity index (χ1v) is 8.14. The van der Waals surface area contributed by atoms with Gasteiger partial charge in [0.15, 0.2) is 0 Å². The molecule has 2 aliphatic rings. The van der Waals surface area contributed by atoms with Gasteiger partial charge in [0.05, 0.1) is 0 Å². The first-order chi connectivity index (χ1) is 10.3. The Morgan fingerprint density at radius 3 is 2.90 bits per heavy atom. The molecule has 0 bridgehead atoms. The number of fused-ring (bicyclic) bond motifs is 1. The zero-order valence-electron chi connectivity index (χ0n) is 12.7. The molecule has 1 aliphatic carbocycles. The van der Waals surface area contributed by atoms with Crippen molar-refractivity contribution in [3.8, 4) is 0 Å². The summed E-state index contributed by atoms with van der Waals surface area (Å²) in [7, 11) is 0. The van der Waals surface area contributed by atoms with Crippen LogP contribution in [0.5, 0.6) is 0 Å². The van der Waals surface area contributed by atoms with Gasteiger partial charge in [-0.25, -0.2) is 5.43 Å². The van der Waals surface area contributed by atoms with Crippen molar-refractivity contribution in [2.24, 2.45) is 0 Å². The van der Waals surface area contributed by atoms with Crippen LogP contribution in [0, 0.1) is 0 Å². The molecule has 1 fully saturated rings. The van der Waals surface area contributed by atoms with E-state index < -0.39 is 0 Å². The summed E-state index contributed by atoms with van der Waals surface area (Å²) in [4.78, 5) is 12.4. The van der Waals surface area contributed by atoms with Crippen LogP contribution in [-0.4, -0.2) is 24.0 Å². The van der Waals surface area contributed by atoms with Crippen molar-refractivity contribution in [3.63, 3.8) is 0 Å². The smallest absolute Gasteiger partial charge is 0.238 e. The number of nitrogens with one attached hydrogen (secondary N) is 3. The maximum atomic E-state index is 12.4. The Kier molecular flexibility index (Phi) is 4.56. The normalized spacial score (nSPS) is 28.1. The molecule has 0 saturated carbocycles. The molecule has 21 heavy (non-hydrogen) atoms. The molecule has 3 rings (SSSR count). The quantitative estimate of drug-likeness (QED) is 0.790. The van der Waals surface area contributed by atoms with Gasteiger partial charge in [-0.05, 0) is 43.2 Å². The van der Waals surface area contributed by atoms with Gasteiger partial charge in [-0.3, -0.25) is 10.2 Å². The van der Waals surface area contributed by atoms with Crippen LogP contribution in [0.4, 0.5) is 0 Å². The van der Waals surface area contributed by atoms with Gasteiger partial charge >= 0.3 is 0 Å². The van der Waals surface area contributed by atoms with E-state index in [1.54, 1.807) is 0 Å².